The summed E-state index contributed by atoms with van der Waals surface area (Å²) in [5.41, 5.74) is 6.68. The highest BCUT2D eigenvalue weighted by Gasteiger charge is 2.65. The highest BCUT2D eigenvalue weighted by molar-refractivity contribution is 7.99. The number of aryl methyl sites for hydroxylation is 2. The number of nitrogens with zero attached hydrogens (tertiary/aromatic N) is 6. The Morgan fingerprint density at radius 3 is 1.37 bits per heavy atom. The average Bonchev–Trinajstić information content (AvgIpc) is 0.960. The fraction of sp³-hybridized carbons (Fsp3) is 0.541. The molecule has 716 valence electrons. The molecule has 14 aliphatic heterocycles. The fourth-order valence-corrected chi connectivity index (χ4v) is 25.4. The standard InChI is InChI=1S/C51H60N4O13S.C43H48N4O11S.C4H7ClO/c1-11-13-35(56)66-43-26(4)44-45(64-24-63-44)38-32-22-62-48(58)51(29-20-33(60-9)34(19-27(29)15-16-53-51)65-49(59)68-50(5,6)7)23-69-47(39(38)43)41-40-37-28(18-30(54(40)8)31(21-52)55(32)41)17-25(3)42(61-10)46(37)67-36(57)14-12-2;1-19-11-22-12-24-25(15-44)47-26-16-54-40(50)43(23-14-27(52-7)28(13-21(23)9-10-45-43)57-41(51)58-42(3,4)5)17-59-39(31-30(26)38-37(55-18-56-38)20(2)34(31)48)33(47)32(46(24)6)29(22)35(49)36(19)53-8;1-2-3-4(5)6/h17,19-20,30-32,40-41,47,53H,11-16,18,22-24H2,1-10H3;11,13-14,24-26,32-33,39,45,48-49H,9-10,12,16-18H2,1-8H3;2-3H2,1H3/t30-,31-,32-,40+,41?,47+,51+;24-,25-,26-,32+,33?,39+,43+;/m00./s1. The number of nitriles is 2. The summed E-state index contributed by atoms with van der Waals surface area (Å²) in [6, 6.07) is 10.4. The van der Waals surface area contributed by atoms with E-state index >= 15 is 4.79 Å². The topological polar surface area (TPSA) is 392 Å². The van der Waals surface area contributed by atoms with E-state index in [2.05, 4.69) is 48.4 Å². The molecule has 36 heteroatoms. The third kappa shape index (κ3) is 16.6. The van der Waals surface area contributed by atoms with Gasteiger partial charge in [-0.2, -0.15) is 10.5 Å². The molecule has 14 atom stereocenters. The van der Waals surface area contributed by atoms with Crippen molar-refractivity contribution >= 4 is 76.6 Å². The molecule has 0 amide bonds. The second kappa shape index (κ2) is 37.7. The third-order valence-corrected chi connectivity index (χ3v) is 30.4. The number of phenols is 2. The number of thioether (sulfide) groups is 2. The summed E-state index contributed by atoms with van der Waals surface area (Å²) < 4.78 is 96.1. The van der Waals surface area contributed by atoms with E-state index in [1.165, 1.54) is 44.9 Å². The number of likely N-dealkylation sites (N-methyl/N-ethyl adjacent to an activating group) is 2. The Morgan fingerprint density at radius 1 is 0.507 bits per heavy atom. The molecule has 14 heterocycles. The quantitative estimate of drug-likeness (QED) is 0.0259. The van der Waals surface area contributed by atoms with E-state index in [-0.39, 0.29) is 103 Å². The number of phenolic OH excluding ortho intramolecular Hbond substituents is 2. The average molecular weight is 1900 g/mol. The van der Waals surface area contributed by atoms with Crippen LogP contribution in [0.15, 0.2) is 36.4 Å². The van der Waals surface area contributed by atoms with Gasteiger partial charge in [0, 0.05) is 113 Å². The zero-order valence-corrected chi connectivity index (χ0v) is 81.2. The van der Waals surface area contributed by atoms with Crippen LogP contribution in [0, 0.1) is 50.4 Å². The molecule has 20 rings (SSSR count). The summed E-state index contributed by atoms with van der Waals surface area (Å²) >= 11 is 7.86. The molecular weight excluding hydrogens is 1790 g/mol. The number of hydrogen-bond acceptors (Lipinski definition) is 35. The maximum absolute atomic E-state index is 15.3. The smallest absolute Gasteiger partial charge is 0.507 e. The number of benzene rings is 6. The first-order valence-corrected chi connectivity index (χ1v) is 47.8. The van der Waals surface area contributed by atoms with Gasteiger partial charge in [-0.3, -0.25) is 44.6 Å². The monoisotopic (exact) mass is 1900 g/mol. The van der Waals surface area contributed by atoms with Crippen LogP contribution in [0.3, 0.4) is 0 Å². The molecule has 0 aromatic heterocycles. The zero-order chi connectivity index (χ0) is 96.1. The minimum Gasteiger partial charge on any atom is -0.507 e. The number of hydrogen-bond donors (Lipinski definition) is 4. The van der Waals surface area contributed by atoms with Crippen LogP contribution in [0.4, 0.5) is 9.59 Å². The van der Waals surface area contributed by atoms with Crippen molar-refractivity contribution in [1.82, 2.24) is 30.2 Å². The van der Waals surface area contributed by atoms with E-state index in [9.17, 15) is 49.5 Å². The number of ether oxygens (including phenoxy) is 16. The Kier molecular flexibility index (Phi) is 27.1. The van der Waals surface area contributed by atoms with Gasteiger partial charge in [0.05, 0.1) is 75.2 Å². The number of esters is 4. The molecule has 134 heavy (non-hydrogen) atoms. The lowest BCUT2D eigenvalue weighted by Crippen LogP contribution is -2.69. The number of fused-ring (bicyclic) bond motifs is 18. The molecule has 4 N–H and O–H groups in total. The highest BCUT2D eigenvalue weighted by Crippen LogP contribution is 2.68. The molecule has 8 bridgehead atoms. The Bertz CT molecular complexity index is 5850. The summed E-state index contributed by atoms with van der Waals surface area (Å²) in [4.78, 5) is 102. The van der Waals surface area contributed by atoms with Gasteiger partial charge in [-0.25, -0.2) is 19.2 Å². The van der Waals surface area contributed by atoms with E-state index in [4.69, 9.17) is 87.4 Å². The van der Waals surface area contributed by atoms with Crippen molar-refractivity contribution < 1.29 is 120 Å². The van der Waals surface area contributed by atoms with Gasteiger partial charge in [-0.05, 0) is 209 Å². The summed E-state index contributed by atoms with van der Waals surface area (Å²) in [5.74, 6) is 2.26. The molecule has 4 saturated heterocycles. The number of carbonyl (C=O) groups excluding carboxylic acids is 7. The van der Waals surface area contributed by atoms with Crippen LogP contribution in [0.1, 0.15) is 225 Å². The van der Waals surface area contributed by atoms with Crippen molar-refractivity contribution in [2.45, 2.75) is 247 Å². The third-order valence-electron chi connectivity index (χ3n) is 27.3. The van der Waals surface area contributed by atoms with Crippen LogP contribution in [0.25, 0.3) is 0 Å². The fourth-order valence-electron chi connectivity index (χ4n) is 21.8. The minimum absolute atomic E-state index is 0.0370. The van der Waals surface area contributed by atoms with E-state index in [1.807, 2.05) is 61.7 Å². The van der Waals surface area contributed by atoms with Gasteiger partial charge in [-0.15, -0.1) is 23.5 Å². The maximum atomic E-state index is 15.3. The molecule has 6 aromatic carbocycles. The van der Waals surface area contributed by atoms with Gasteiger partial charge >= 0.3 is 36.2 Å². The van der Waals surface area contributed by atoms with E-state index in [1.54, 1.807) is 79.8 Å². The normalized spacial score (nSPS) is 25.8. The Hall–Kier alpha value is -10.9. The number of methoxy groups -OCH3 is 4. The predicted octanol–water partition coefficient (Wildman–Crippen LogP) is 14.3. The van der Waals surface area contributed by atoms with Crippen molar-refractivity contribution in [3.05, 3.63) is 125 Å². The molecule has 0 radical (unpaired) electrons. The minimum atomic E-state index is -1.48. The number of aromatic hydroxyl groups is 2. The van der Waals surface area contributed by atoms with Gasteiger partial charge in [0.1, 0.15) is 48.0 Å². The van der Waals surface area contributed by atoms with Crippen molar-refractivity contribution in [3.63, 3.8) is 0 Å². The zero-order valence-electron chi connectivity index (χ0n) is 78.8. The number of piperazine rings is 2. The first-order valence-electron chi connectivity index (χ1n) is 45.3. The second-order valence-electron chi connectivity index (χ2n) is 37.6. The van der Waals surface area contributed by atoms with Gasteiger partial charge in [0.2, 0.25) is 18.8 Å². The number of rotatable bonds is 14. The summed E-state index contributed by atoms with van der Waals surface area (Å²) in [5, 5.41) is 52.5. The Labute approximate surface area is 791 Å². The molecule has 33 nitrogen and oxygen atoms in total. The molecule has 2 spiro atoms. The molecule has 4 fully saturated rings. The summed E-state index contributed by atoms with van der Waals surface area (Å²) in [6.45, 7) is 23.8. The van der Waals surface area contributed by atoms with Crippen LogP contribution in [-0.2, 0) is 79.7 Å². The van der Waals surface area contributed by atoms with Crippen LogP contribution in [0.5, 0.6) is 80.5 Å². The van der Waals surface area contributed by atoms with Crippen molar-refractivity contribution in [3.8, 4) is 92.6 Å². The summed E-state index contributed by atoms with van der Waals surface area (Å²) in [6.07, 6.45) is 2.95. The molecule has 2 unspecified atom stereocenters. The van der Waals surface area contributed by atoms with Crippen molar-refractivity contribution in [1.29, 1.82) is 10.5 Å². The molecule has 0 saturated carbocycles. The van der Waals surface area contributed by atoms with Crippen LogP contribution in [0.2, 0.25) is 0 Å². The van der Waals surface area contributed by atoms with Crippen molar-refractivity contribution in [2.24, 2.45) is 0 Å². The van der Waals surface area contributed by atoms with Crippen LogP contribution in [-0.4, -0.2) is 213 Å². The second-order valence-corrected chi connectivity index (χ2v) is 40.3. The molecular formula is C98H115ClN8O25S2. The van der Waals surface area contributed by atoms with E-state index in [0.717, 1.165) is 45.4 Å². The molecule has 6 aromatic rings. The lowest BCUT2D eigenvalue weighted by Gasteiger charge is -2.62. The number of carbonyl (C=O) groups is 7. The lowest BCUT2D eigenvalue weighted by molar-refractivity contribution is -0.158. The number of nitrogens with one attached hydrogen (secondary N) is 2. The van der Waals surface area contributed by atoms with Gasteiger partial charge in [0.25, 0.3) is 0 Å². The van der Waals surface area contributed by atoms with Crippen molar-refractivity contribution in [2.75, 3.05) is 93.9 Å². The van der Waals surface area contributed by atoms with E-state index < -0.39 is 117 Å². The molecule has 0 aliphatic carbocycles. The van der Waals surface area contributed by atoms with Crippen LogP contribution < -0.4 is 67.5 Å². The Morgan fingerprint density at radius 2 is 0.933 bits per heavy atom. The first kappa shape index (κ1) is 96.3. The number of halogens is 1. The first-order chi connectivity index (χ1) is 63.9. The predicted molar refractivity (Wildman–Crippen MR) is 491 cm³/mol. The van der Waals surface area contributed by atoms with Gasteiger partial charge < -0.3 is 86.0 Å². The highest BCUT2D eigenvalue weighted by atomic mass is 35.5. The largest absolute Gasteiger partial charge is 0.514 e. The van der Waals surface area contributed by atoms with Gasteiger partial charge in [0.15, 0.2) is 80.1 Å². The summed E-state index contributed by atoms with van der Waals surface area (Å²) in [7, 11) is 9.99. The molecule has 14 aliphatic rings. The lowest BCUT2D eigenvalue weighted by atomic mass is 9.71. The SMILES string of the molecule is CCCC(=O)Cl.CCCC(=O)Oc1c(C)c2c(c3c1[C@H]1SC[C@]4(NCCc5cc(OC(=O)OC(C)(C)C)c(OC)cc54)C(=O)OC[C@@H]3N3C1[C@H]1c4c(cc(C)c(OC)c4OC(=O)CCC)C[C@@H]([C@@H]3C#N)N1C)OCO2.COc1cc2c(cc1OC(=O)OC(C)(C)C)CCN[C@]21CS[C@@H]2c3c(O)c(C)c4c(c3[C@H](COC1=O)N1C2[C@H]2c3c(cc(C)c(OC)c3O)C[C@@H]([C@@H]1C#N)N2C)OCO4. The van der Waals surface area contributed by atoms with Crippen LogP contribution >= 0.6 is 35.1 Å². The van der Waals surface area contributed by atoms with E-state index in [0.29, 0.717) is 154 Å². The van der Waals surface area contributed by atoms with Gasteiger partial charge in [-0.1, -0.05) is 32.9 Å². The maximum Gasteiger partial charge on any atom is 0.514 e. The Balaban J connectivity index is 0.000000186.